The molecule has 1 fully saturated rings. The van der Waals surface area contributed by atoms with Crippen molar-refractivity contribution in [2.24, 2.45) is 0 Å². The van der Waals surface area contributed by atoms with Gasteiger partial charge in [-0.3, -0.25) is 0 Å². The van der Waals surface area contributed by atoms with Crippen molar-refractivity contribution < 1.29 is 18.3 Å². The molecule has 0 radical (unpaired) electrons. The third-order valence-corrected chi connectivity index (χ3v) is 5.32. The van der Waals surface area contributed by atoms with Crippen molar-refractivity contribution >= 4 is 15.5 Å². The van der Waals surface area contributed by atoms with Crippen LogP contribution in [0.4, 0.5) is 5.69 Å². The first kappa shape index (κ1) is 14.1. The van der Waals surface area contributed by atoms with Crippen LogP contribution in [-0.4, -0.2) is 44.3 Å². The Labute approximate surface area is 113 Å². The molecule has 5 nitrogen and oxygen atoms in total. The zero-order valence-corrected chi connectivity index (χ0v) is 11.7. The standard InChI is InChI=1S/C13H19NO4S/c1-18-12-6-3-2-5-11(12)14-13(9-15)7-4-8-19(16,17)10-13/h2-3,5-6,14-15H,4,7-10H2,1H3. The molecule has 1 aliphatic rings. The van der Waals surface area contributed by atoms with E-state index in [1.165, 1.54) is 0 Å². The zero-order valence-electron chi connectivity index (χ0n) is 10.9. The molecule has 0 amide bonds. The highest BCUT2D eigenvalue weighted by Crippen LogP contribution is 2.31. The number of hydrogen-bond acceptors (Lipinski definition) is 5. The summed E-state index contributed by atoms with van der Waals surface area (Å²) in [5.41, 5.74) is -0.109. The predicted octanol–water partition coefficient (Wildman–Crippen LogP) is 1.05. The maximum Gasteiger partial charge on any atom is 0.152 e. The van der Waals surface area contributed by atoms with Gasteiger partial charge in [0.1, 0.15) is 5.75 Å². The average Bonchev–Trinajstić information content (AvgIpc) is 2.38. The first-order chi connectivity index (χ1) is 9.00. The molecule has 1 aromatic rings. The van der Waals surface area contributed by atoms with Crippen LogP contribution < -0.4 is 10.1 Å². The van der Waals surface area contributed by atoms with Crippen molar-refractivity contribution in [1.82, 2.24) is 0 Å². The minimum Gasteiger partial charge on any atom is -0.495 e. The fourth-order valence-corrected chi connectivity index (χ4v) is 4.37. The molecule has 6 heteroatoms. The Morgan fingerprint density at radius 3 is 2.79 bits per heavy atom. The monoisotopic (exact) mass is 285 g/mol. The first-order valence-electron chi connectivity index (χ1n) is 6.23. The average molecular weight is 285 g/mol. The van der Waals surface area contributed by atoms with Crippen molar-refractivity contribution in [2.75, 3.05) is 30.5 Å². The Hall–Kier alpha value is -1.27. The van der Waals surface area contributed by atoms with E-state index in [9.17, 15) is 13.5 Å². The highest BCUT2D eigenvalue weighted by Gasteiger charge is 2.39. The third kappa shape index (κ3) is 3.19. The number of aliphatic hydroxyl groups is 1. The first-order valence-corrected chi connectivity index (χ1v) is 8.05. The van der Waals surface area contributed by atoms with Crippen LogP contribution in [-0.2, 0) is 9.84 Å². The van der Waals surface area contributed by atoms with E-state index in [0.29, 0.717) is 24.3 Å². The summed E-state index contributed by atoms with van der Waals surface area (Å²) in [6.45, 7) is -0.218. The number of anilines is 1. The second kappa shape index (κ2) is 5.38. The van der Waals surface area contributed by atoms with Gasteiger partial charge >= 0.3 is 0 Å². The van der Waals surface area contributed by atoms with E-state index in [2.05, 4.69) is 5.32 Å². The summed E-state index contributed by atoms with van der Waals surface area (Å²) in [6.07, 6.45) is 1.19. The van der Waals surface area contributed by atoms with Gasteiger partial charge in [-0.2, -0.15) is 0 Å². The lowest BCUT2D eigenvalue weighted by atomic mass is 9.96. The van der Waals surface area contributed by atoms with E-state index in [4.69, 9.17) is 4.74 Å². The number of aliphatic hydroxyl groups excluding tert-OH is 1. The second-order valence-electron chi connectivity index (χ2n) is 4.96. The van der Waals surface area contributed by atoms with Gasteiger partial charge in [0.25, 0.3) is 0 Å². The lowest BCUT2D eigenvalue weighted by Gasteiger charge is -2.37. The van der Waals surface area contributed by atoms with E-state index >= 15 is 0 Å². The lowest BCUT2D eigenvalue weighted by molar-refractivity contribution is 0.212. The Bertz CT molecular complexity index is 543. The van der Waals surface area contributed by atoms with Crippen LogP contribution in [0.2, 0.25) is 0 Å². The largest absolute Gasteiger partial charge is 0.495 e. The fraction of sp³-hybridized carbons (Fsp3) is 0.538. The van der Waals surface area contributed by atoms with Gasteiger partial charge in [-0.1, -0.05) is 12.1 Å². The molecule has 1 heterocycles. The van der Waals surface area contributed by atoms with Gasteiger partial charge in [-0.25, -0.2) is 8.42 Å². The summed E-state index contributed by atoms with van der Waals surface area (Å²) < 4.78 is 28.8. The summed E-state index contributed by atoms with van der Waals surface area (Å²) >= 11 is 0. The van der Waals surface area contributed by atoms with Gasteiger partial charge in [-0.05, 0) is 25.0 Å². The molecule has 1 atom stereocenters. The minimum atomic E-state index is -3.11. The van der Waals surface area contributed by atoms with Crippen LogP contribution in [0.25, 0.3) is 0 Å². The van der Waals surface area contributed by atoms with Gasteiger partial charge in [0, 0.05) is 0 Å². The number of hydrogen-bond donors (Lipinski definition) is 2. The quantitative estimate of drug-likeness (QED) is 0.864. The molecule has 2 N–H and O–H groups in total. The Morgan fingerprint density at radius 1 is 1.42 bits per heavy atom. The number of rotatable bonds is 4. The maximum atomic E-state index is 11.8. The highest BCUT2D eigenvalue weighted by molar-refractivity contribution is 7.91. The molecular formula is C13H19NO4S. The highest BCUT2D eigenvalue weighted by atomic mass is 32.2. The Balaban J connectivity index is 2.28. The van der Waals surface area contributed by atoms with Crippen molar-refractivity contribution in [1.29, 1.82) is 0 Å². The topological polar surface area (TPSA) is 75.6 Å². The van der Waals surface area contributed by atoms with E-state index < -0.39 is 15.4 Å². The van der Waals surface area contributed by atoms with Crippen LogP contribution in [0, 0.1) is 0 Å². The molecular weight excluding hydrogens is 266 g/mol. The molecule has 1 aromatic carbocycles. The molecule has 0 spiro atoms. The van der Waals surface area contributed by atoms with E-state index in [0.717, 1.165) is 0 Å². The lowest BCUT2D eigenvalue weighted by Crippen LogP contribution is -2.51. The summed E-state index contributed by atoms with van der Waals surface area (Å²) in [6, 6.07) is 7.29. The maximum absolute atomic E-state index is 11.8. The van der Waals surface area contributed by atoms with Crippen LogP contribution >= 0.6 is 0 Å². The SMILES string of the molecule is COc1ccccc1NC1(CO)CCCS(=O)(=O)C1. The van der Waals surface area contributed by atoms with Crippen LogP contribution in [0.5, 0.6) is 5.75 Å². The van der Waals surface area contributed by atoms with E-state index in [1.807, 2.05) is 18.2 Å². The fourth-order valence-electron chi connectivity index (χ4n) is 2.49. The number of methoxy groups -OCH3 is 1. The molecule has 1 unspecified atom stereocenters. The van der Waals surface area contributed by atoms with Crippen molar-refractivity contribution in [2.45, 2.75) is 18.4 Å². The van der Waals surface area contributed by atoms with Crippen molar-refractivity contribution in [3.05, 3.63) is 24.3 Å². The van der Waals surface area contributed by atoms with Gasteiger partial charge in [0.15, 0.2) is 9.84 Å². The number of nitrogens with one attached hydrogen (secondary N) is 1. The molecule has 1 saturated heterocycles. The molecule has 0 aromatic heterocycles. The molecule has 106 valence electrons. The Morgan fingerprint density at radius 2 is 2.16 bits per heavy atom. The number of para-hydroxylation sites is 2. The Kier molecular flexibility index (Phi) is 4.01. The van der Waals surface area contributed by atoms with Crippen molar-refractivity contribution in [3.8, 4) is 5.75 Å². The zero-order chi connectivity index (χ0) is 13.9. The molecule has 0 bridgehead atoms. The summed E-state index contributed by atoms with van der Waals surface area (Å²) in [7, 11) is -1.55. The second-order valence-corrected chi connectivity index (χ2v) is 7.14. The molecule has 1 aliphatic heterocycles. The van der Waals surface area contributed by atoms with Gasteiger partial charge in [0.2, 0.25) is 0 Å². The van der Waals surface area contributed by atoms with Crippen LogP contribution in [0.3, 0.4) is 0 Å². The van der Waals surface area contributed by atoms with Gasteiger partial charge in [0.05, 0.1) is 36.4 Å². The molecule has 0 aliphatic carbocycles. The third-order valence-electron chi connectivity index (χ3n) is 3.42. The number of ether oxygens (including phenoxy) is 1. The summed E-state index contributed by atoms with van der Waals surface area (Å²) in [5.74, 6) is 0.787. The summed E-state index contributed by atoms with van der Waals surface area (Å²) in [5, 5.41) is 12.8. The van der Waals surface area contributed by atoms with Crippen LogP contribution in [0.1, 0.15) is 12.8 Å². The normalized spacial score (nSPS) is 25.8. The van der Waals surface area contributed by atoms with E-state index in [-0.39, 0.29) is 18.1 Å². The predicted molar refractivity (Wildman–Crippen MR) is 74.3 cm³/mol. The molecule has 2 rings (SSSR count). The molecule has 19 heavy (non-hydrogen) atoms. The van der Waals surface area contributed by atoms with E-state index in [1.54, 1.807) is 13.2 Å². The number of benzene rings is 1. The van der Waals surface area contributed by atoms with Gasteiger partial charge in [-0.15, -0.1) is 0 Å². The summed E-state index contributed by atoms with van der Waals surface area (Å²) in [4.78, 5) is 0. The van der Waals surface area contributed by atoms with Gasteiger partial charge < -0.3 is 15.2 Å². The van der Waals surface area contributed by atoms with Crippen LogP contribution in [0.15, 0.2) is 24.3 Å². The minimum absolute atomic E-state index is 0.0471. The number of sulfone groups is 1. The van der Waals surface area contributed by atoms with Crippen molar-refractivity contribution in [3.63, 3.8) is 0 Å². The molecule has 0 saturated carbocycles. The smallest absolute Gasteiger partial charge is 0.152 e.